The van der Waals surface area contributed by atoms with Crippen molar-refractivity contribution in [2.45, 2.75) is 32.7 Å². The fourth-order valence-corrected chi connectivity index (χ4v) is 6.23. The fraction of sp³-hybridized carbons (Fsp3) is 0.414. The van der Waals surface area contributed by atoms with Crippen LogP contribution in [0.25, 0.3) is 10.9 Å². The number of aryl methyl sites for hydroxylation is 1. The maximum Gasteiger partial charge on any atom is 0.332 e. The third kappa shape index (κ3) is 4.79. The first-order valence-corrected chi connectivity index (χ1v) is 13.1. The van der Waals surface area contributed by atoms with Gasteiger partial charge in [0.1, 0.15) is 5.82 Å². The highest BCUT2D eigenvalue weighted by Crippen LogP contribution is 2.42. The van der Waals surface area contributed by atoms with E-state index in [0.717, 1.165) is 73.2 Å². The first kappa shape index (κ1) is 25.9. The van der Waals surface area contributed by atoms with Gasteiger partial charge >= 0.3 is 11.9 Å². The van der Waals surface area contributed by atoms with Crippen molar-refractivity contribution in [1.82, 2.24) is 14.5 Å². The number of rotatable bonds is 8. The number of hydrogen-bond acceptors (Lipinski definition) is 6. The lowest BCUT2D eigenvalue weighted by Crippen LogP contribution is -2.47. The van der Waals surface area contributed by atoms with Crippen molar-refractivity contribution in [1.29, 1.82) is 0 Å². The van der Waals surface area contributed by atoms with Crippen LogP contribution >= 0.6 is 0 Å². The Morgan fingerprint density at radius 1 is 1.11 bits per heavy atom. The molecule has 0 bridgehead atoms. The zero-order valence-electron chi connectivity index (χ0n) is 21.8. The molecule has 0 radical (unpaired) electrons. The van der Waals surface area contributed by atoms with E-state index < -0.39 is 23.9 Å². The first-order chi connectivity index (χ1) is 18.3. The van der Waals surface area contributed by atoms with Crippen LogP contribution in [0.15, 0.2) is 48.2 Å². The van der Waals surface area contributed by atoms with Crippen LogP contribution in [0.3, 0.4) is 0 Å². The summed E-state index contributed by atoms with van der Waals surface area (Å²) in [6.07, 6.45) is 3.83. The summed E-state index contributed by atoms with van der Waals surface area (Å²) in [7, 11) is 0. The summed E-state index contributed by atoms with van der Waals surface area (Å²) in [5.74, 6) is -2.19. The molecule has 3 N–H and O–H groups in total. The van der Waals surface area contributed by atoms with E-state index >= 15 is 0 Å². The van der Waals surface area contributed by atoms with Crippen molar-refractivity contribution in [3.05, 3.63) is 70.6 Å². The zero-order valence-corrected chi connectivity index (χ0v) is 21.8. The van der Waals surface area contributed by atoms with Crippen LogP contribution in [0, 0.1) is 19.8 Å². The number of carboxylic acids is 2. The predicted octanol–water partition coefficient (Wildman–Crippen LogP) is 2.82. The maximum atomic E-state index is 12.0. The minimum absolute atomic E-state index is 0.185. The maximum absolute atomic E-state index is 12.0. The highest BCUT2D eigenvalue weighted by molar-refractivity contribution is 5.96. The number of anilines is 1. The van der Waals surface area contributed by atoms with Crippen LogP contribution < -0.4 is 4.90 Å². The van der Waals surface area contributed by atoms with Crippen molar-refractivity contribution < 1.29 is 24.9 Å². The van der Waals surface area contributed by atoms with Crippen LogP contribution in [0.5, 0.6) is 0 Å². The van der Waals surface area contributed by atoms with Crippen molar-refractivity contribution in [3.8, 4) is 0 Å². The number of para-hydroxylation sites is 1. The molecule has 3 aromatic rings. The average molecular weight is 519 g/mol. The Morgan fingerprint density at radius 3 is 2.53 bits per heavy atom. The van der Waals surface area contributed by atoms with E-state index in [9.17, 15) is 24.9 Å². The Bertz CT molecular complexity index is 1400. The number of aromatic nitrogens is 2. The molecule has 2 aromatic heterocycles. The standard InChI is InChI=1S/C29H34N4O5/c1-18-6-8-30-26(14-18)32-12-10-31(11-13-32)9-7-21-19(2)33-25(17-34)23(24(29(37)38)16-27(35)36)15-20-4-3-5-22(21)28(20)33/h3-6,8,14,16,23,25,34H,7,9-13,15,17H2,1-2H3,(H,35,36)(H,37,38). The third-order valence-corrected chi connectivity index (χ3v) is 8.11. The highest BCUT2D eigenvalue weighted by Gasteiger charge is 2.37. The summed E-state index contributed by atoms with van der Waals surface area (Å²) in [5, 5.41) is 30.6. The SMILES string of the molecule is Cc1ccnc(N2CCN(CCc3c(C)n4c5c(cccc35)CC(C(=CC(=O)O)C(=O)O)C4CO)CC2)c1. The van der Waals surface area contributed by atoms with Crippen molar-refractivity contribution >= 4 is 28.7 Å². The van der Waals surface area contributed by atoms with Crippen LogP contribution in [-0.4, -0.2) is 81.0 Å². The number of carboxylic acid groups (broad SMARTS) is 2. The number of hydrogen-bond donors (Lipinski definition) is 3. The lowest BCUT2D eigenvalue weighted by atomic mass is 9.82. The first-order valence-electron chi connectivity index (χ1n) is 13.1. The molecule has 9 nitrogen and oxygen atoms in total. The van der Waals surface area contributed by atoms with Gasteiger partial charge in [-0.05, 0) is 55.5 Å². The molecule has 0 aliphatic carbocycles. The molecule has 200 valence electrons. The molecule has 4 heterocycles. The molecule has 9 heteroatoms. The van der Waals surface area contributed by atoms with E-state index in [1.54, 1.807) is 0 Å². The third-order valence-electron chi connectivity index (χ3n) is 8.11. The number of nitrogens with zero attached hydrogens (tertiary/aromatic N) is 4. The average Bonchev–Trinajstić information content (AvgIpc) is 3.18. The van der Waals surface area contributed by atoms with Crippen LogP contribution in [0.4, 0.5) is 5.82 Å². The van der Waals surface area contributed by atoms with Gasteiger partial charge < -0.3 is 24.8 Å². The molecule has 1 aromatic carbocycles. The molecule has 2 aliphatic heterocycles. The molecule has 0 spiro atoms. The van der Waals surface area contributed by atoms with E-state index in [1.807, 2.05) is 35.9 Å². The van der Waals surface area contributed by atoms with E-state index in [1.165, 1.54) is 11.1 Å². The minimum atomic E-state index is -1.30. The summed E-state index contributed by atoms with van der Waals surface area (Å²) in [6, 6.07) is 9.64. The summed E-state index contributed by atoms with van der Waals surface area (Å²) in [5.41, 5.74) is 5.21. The minimum Gasteiger partial charge on any atom is -0.478 e. The Hall–Kier alpha value is -3.69. The molecule has 2 atom stereocenters. The number of benzene rings is 1. The van der Waals surface area contributed by atoms with E-state index in [0.29, 0.717) is 6.42 Å². The summed E-state index contributed by atoms with van der Waals surface area (Å²) in [6.45, 7) is 8.45. The van der Waals surface area contributed by atoms with Crippen molar-refractivity contribution in [2.75, 3.05) is 44.2 Å². The van der Waals surface area contributed by atoms with Gasteiger partial charge in [0.2, 0.25) is 0 Å². The van der Waals surface area contributed by atoms with Crippen molar-refractivity contribution in [2.24, 2.45) is 5.92 Å². The van der Waals surface area contributed by atoms with Gasteiger partial charge in [-0.15, -0.1) is 0 Å². The molecule has 1 fully saturated rings. The highest BCUT2D eigenvalue weighted by atomic mass is 16.4. The second-order valence-corrected chi connectivity index (χ2v) is 10.3. The van der Waals surface area contributed by atoms with Gasteiger partial charge in [0.15, 0.2) is 0 Å². The summed E-state index contributed by atoms with van der Waals surface area (Å²) in [4.78, 5) is 32.7. The number of aliphatic hydroxyl groups is 1. The quantitative estimate of drug-likeness (QED) is 0.390. The Kier molecular flexibility index (Phi) is 7.23. The van der Waals surface area contributed by atoms with E-state index in [-0.39, 0.29) is 12.2 Å². The number of piperazine rings is 1. The Labute approximate surface area is 221 Å². The van der Waals surface area contributed by atoms with Gasteiger partial charge in [0.25, 0.3) is 0 Å². The number of aliphatic carboxylic acids is 2. The lowest BCUT2D eigenvalue weighted by Gasteiger charge is -2.35. The predicted molar refractivity (Wildman–Crippen MR) is 145 cm³/mol. The van der Waals surface area contributed by atoms with Gasteiger partial charge in [-0.25, -0.2) is 14.6 Å². The number of carbonyl (C=O) groups is 2. The van der Waals surface area contributed by atoms with Gasteiger partial charge in [0.05, 0.1) is 18.2 Å². The molecule has 38 heavy (non-hydrogen) atoms. The fourth-order valence-electron chi connectivity index (χ4n) is 6.23. The van der Waals surface area contributed by atoms with Crippen LogP contribution in [0.2, 0.25) is 0 Å². The Morgan fingerprint density at radius 2 is 1.87 bits per heavy atom. The van der Waals surface area contributed by atoms with Crippen LogP contribution in [0.1, 0.15) is 28.4 Å². The lowest BCUT2D eigenvalue weighted by molar-refractivity contribution is -0.135. The topological polar surface area (TPSA) is 119 Å². The monoisotopic (exact) mass is 518 g/mol. The number of aliphatic hydroxyl groups excluding tert-OH is 1. The molecule has 5 rings (SSSR count). The van der Waals surface area contributed by atoms with Gasteiger partial charge in [-0.2, -0.15) is 0 Å². The molecule has 0 amide bonds. The molecular formula is C29H34N4O5. The van der Waals surface area contributed by atoms with Gasteiger partial charge in [0, 0.05) is 67.6 Å². The second-order valence-electron chi connectivity index (χ2n) is 10.3. The summed E-state index contributed by atoms with van der Waals surface area (Å²) < 4.78 is 2.05. The zero-order chi connectivity index (χ0) is 27.0. The molecular weight excluding hydrogens is 484 g/mol. The van der Waals surface area contributed by atoms with Gasteiger partial charge in [-0.1, -0.05) is 18.2 Å². The normalized spacial score (nSPS) is 20.2. The molecule has 2 aliphatic rings. The molecule has 2 unspecified atom stereocenters. The molecule has 0 saturated carbocycles. The smallest absolute Gasteiger partial charge is 0.332 e. The second kappa shape index (κ2) is 10.6. The largest absolute Gasteiger partial charge is 0.478 e. The number of pyridine rings is 1. The van der Waals surface area contributed by atoms with Gasteiger partial charge in [-0.3, -0.25) is 4.90 Å². The summed E-state index contributed by atoms with van der Waals surface area (Å²) >= 11 is 0. The van der Waals surface area contributed by atoms with E-state index in [4.69, 9.17) is 0 Å². The van der Waals surface area contributed by atoms with Crippen LogP contribution in [-0.2, 0) is 22.4 Å². The molecule has 1 saturated heterocycles. The van der Waals surface area contributed by atoms with E-state index in [2.05, 4.69) is 33.8 Å². The van der Waals surface area contributed by atoms with Crippen molar-refractivity contribution in [3.63, 3.8) is 0 Å². The Balaban J connectivity index is 1.38.